The number of rotatable bonds is 12. The maximum atomic E-state index is 10.9. The number of ether oxygens (including phenoxy) is 2. The molecule has 1 N–H and O–H groups in total. The number of nitrogens with zero attached hydrogens (tertiary/aromatic N) is 3. The van der Waals surface area contributed by atoms with Gasteiger partial charge in [0.05, 0.1) is 12.7 Å². The summed E-state index contributed by atoms with van der Waals surface area (Å²) in [6.45, 7) is 4.41. The Morgan fingerprint density at radius 3 is 2.44 bits per heavy atom. The van der Waals surface area contributed by atoms with Crippen molar-refractivity contribution in [3.63, 3.8) is 0 Å². The van der Waals surface area contributed by atoms with E-state index in [4.69, 9.17) is 14.0 Å². The Balaban J connectivity index is 1.31. The largest absolute Gasteiger partial charge is 0.497 e. The van der Waals surface area contributed by atoms with Crippen LogP contribution in [-0.4, -0.2) is 61.2 Å². The molecule has 2 aromatic carbocycles. The maximum absolute atomic E-state index is 10.9. The minimum Gasteiger partial charge on any atom is -0.497 e. The van der Waals surface area contributed by atoms with E-state index in [1.54, 1.807) is 7.11 Å². The van der Waals surface area contributed by atoms with E-state index in [1.807, 2.05) is 42.5 Å². The highest BCUT2D eigenvalue weighted by Crippen LogP contribution is 2.36. The molecule has 192 valence electrons. The average Bonchev–Trinajstić information content (AvgIpc) is 3.65. The highest BCUT2D eigenvalue weighted by atomic mass is 16.5. The number of aliphatic hydroxyl groups excluding tert-OH is 1. The predicted molar refractivity (Wildman–Crippen MR) is 140 cm³/mol. The van der Waals surface area contributed by atoms with Crippen LogP contribution in [0.2, 0.25) is 0 Å². The van der Waals surface area contributed by atoms with Crippen molar-refractivity contribution in [2.24, 2.45) is 5.92 Å². The van der Waals surface area contributed by atoms with Gasteiger partial charge < -0.3 is 24.0 Å². The summed E-state index contributed by atoms with van der Waals surface area (Å²) in [7, 11) is 1.64. The number of hydrogen-bond acceptors (Lipinski definition) is 7. The molecule has 3 aromatic rings. The molecule has 0 unspecified atom stereocenters. The molecule has 1 aromatic heterocycles. The second-order valence-electron chi connectivity index (χ2n) is 10.0. The lowest BCUT2D eigenvalue weighted by Crippen LogP contribution is -2.37. The van der Waals surface area contributed by atoms with Crippen LogP contribution in [0.3, 0.4) is 0 Å². The average molecular weight is 492 g/mol. The van der Waals surface area contributed by atoms with Gasteiger partial charge in [0.2, 0.25) is 5.88 Å². The number of aliphatic hydroxyl groups is 1. The number of methoxy groups -OCH3 is 1. The van der Waals surface area contributed by atoms with Crippen molar-refractivity contribution in [3.05, 3.63) is 60.2 Å². The molecule has 0 radical (unpaired) electrons. The van der Waals surface area contributed by atoms with Gasteiger partial charge in [-0.05, 0) is 62.3 Å². The molecule has 1 aliphatic heterocycles. The summed E-state index contributed by atoms with van der Waals surface area (Å²) >= 11 is 0. The second kappa shape index (κ2) is 11.8. The Morgan fingerprint density at radius 1 is 1.03 bits per heavy atom. The quantitative estimate of drug-likeness (QED) is 0.383. The van der Waals surface area contributed by atoms with Crippen molar-refractivity contribution in [2.75, 3.05) is 44.8 Å². The number of piperidine rings is 1. The summed E-state index contributed by atoms with van der Waals surface area (Å²) in [5.74, 6) is 3.09. The normalized spacial score (nSPS) is 16.8. The first-order valence-electron chi connectivity index (χ1n) is 13.2. The van der Waals surface area contributed by atoms with Crippen LogP contribution in [0.5, 0.6) is 11.5 Å². The van der Waals surface area contributed by atoms with Gasteiger partial charge in [-0.25, -0.2) is 0 Å². The molecule has 2 aliphatic rings. The minimum atomic E-state index is -0.607. The van der Waals surface area contributed by atoms with Crippen molar-refractivity contribution in [1.29, 1.82) is 0 Å². The summed E-state index contributed by atoms with van der Waals surface area (Å²) in [6, 6.07) is 17.7. The number of aromatic nitrogens is 1. The number of benzene rings is 2. The first-order chi connectivity index (χ1) is 17.7. The molecule has 1 aliphatic carbocycles. The summed E-state index contributed by atoms with van der Waals surface area (Å²) < 4.78 is 17.1. The monoisotopic (exact) mass is 491 g/mol. The number of anilines is 1. The fraction of sp³-hybridized carbons (Fsp3) is 0.483. The molecule has 2 fully saturated rings. The molecule has 1 saturated heterocycles. The van der Waals surface area contributed by atoms with Crippen LogP contribution < -0.4 is 14.4 Å². The van der Waals surface area contributed by atoms with Crippen LogP contribution in [0.1, 0.15) is 37.7 Å². The lowest BCUT2D eigenvalue weighted by molar-refractivity contribution is 0.0639. The van der Waals surface area contributed by atoms with Crippen LogP contribution in [0.25, 0.3) is 11.3 Å². The molecule has 36 heavy (non-hydrogen) atoms. The minimum absolute atomic E-state index is 0.238. The van der Waals surface area contributed by atoms with Gasteiger partial charge in [-0.2, -0.15) is 0 Å². The van der Waals surface area contributed by atoms with Gasteiger partial charge in [0, 0.05) is 38.3 Å². The third kappa shape index (κ3) is 6.39. The van der Waals surface area contributed by atoms with Crippen LogP contribution in [0.15, 0.2) is 59.1 Å². The molecule has 7 nitrogen and oxygen atoms in total. The Bertz CT molecular complexity index is 1080. The molecular weight excluding hydrogens is 454 g/mol. The number of hydrogen-bond donors (Lipinski definition) is 1. The molecule has 0 spiro atoms. The second-order valence-corrected chi connectivity index (χ2v) is 10.0. The Labute approximate surface area is 213 Å². The SMILES string of the molecule is COc1ccc(OC[C@@H](O)CN(Cc2c(-c3ccccc3)noc2N2CCCCC2)CC2CC2)cc1. The zero-order valence-corrected chi connectivity index (χ0v) is 21.1. The van der Waals surface area contributed by atoms with Crippen LogP contribution in [0.4, 0.5) is 5.88 Å². The summed E-state index contributed by atoms with van der Waals surface area (Å²) in [4.78, 5) is 4.70. The summed E-state index contributed by atoms with van der Waals surface area (Å²) in [5.41, 5.74) is 3.09. The van der Waals surface area contributed by atoms with Crippen LogP contribution in [0, 0.1) is 5.92 Å². The Hall–Kier alpha value is -3.03. The maximum Gasteiger partial charge on any atom is 0.232 e. The Morgan fingerprint density at radius 2 is 1.75 bits per heavy atom. The van der Waals surface area contributed by atoms with E-state index in [2.05, 4.69) is 27.1 Å². The predicted octanol–water partition coefficient (Wildman–Crippen LogP) is 4.99. The van der Waals surface area contributed by atoms with E-state index in [-0.39, 0.29) is 6.61 Å². The van der Waals surface area contributed by atoms with Crippen molar-refractivity contribution in [3.8, 4) is 22.8 Å². The highest BCUT2D eigenvalue weighted by Gasteiger charge is 2.30. The molecule has 5 rings (SSSR count). The van der Waals surface area contributed by atoms with E-state index in [1.165, 1.54) is 32.1 Å². The molecule has 2 heterocycles. The standard InChI is InChI=1S/C29H37N3O4/c1-34-25-12-14-26(15-13-25)35-21-24(33)19-31(18-22-10-11-22)20-27-28(23-8-4-2-5-9-23)30-36-29(27)32-16-6-3-7-17-32/h2,4-5,8-9,12-15,22,24,33H,3,6-7,10-11,16-21H2,1H3/t24-/m0/s1. The van der Waals surface area contributed by atoms with Gasteiger partial charge in [-0.15, -0.1) is 0 Å². The van der Waals surface area contributed by atoms with Gasteiger partial charge in [0.25, 0.3) is 0 Å². The molecular formula is C29H37N3O4. The summed E-state index contributed by atoms with van der Waals surface area (Å²) in [6.07, 6.45) is 5.51. The van der Waals surface area contributed by atoms with Gasteiger partial charge in [0.15, 0.2) is 0 Å². The molecule has 0 bridgehead atoms. The van der Waals surface area contributed by atoms with Crippen molar-refractivity contribution >= 4 is 5.88 Å². The molecule has 7 heteroatoms. The first kappa shape index (κ1) is 24.7. The van der Waals surface area contributed by atoms with Crippen molar-refractivity contribution in [1.82, 2.24) is 10.1 Å². The van der Waals surface area contributed by atoms with Crippen molar-refractivity contribution < 1.29 is 19.1 Å². The molecule has 1 saturated carbocycles. The zero-order chi connectivity index (χ0) is 24.7. The highest BCUT2D eigenvalue weighted by molar-refractivity contribution is 5.68. The van der Waals surface area contributed by atoms with Gasteiger partial charge in [0.1, 0.15) is 29.9 Å². The van der Waals surface area contributed by atoms with E-state index in [0.29, 0.717) is 19.0 Å². The van der Waals surface area contributed by atoms with E-state index >= 15 is 0 Å². The zero-order valence-electron chi connectivity index (χ0n) is 21.1. The fourth-order valence-corrected chi connectivity index (χ4v) is 4.92. The van der Waals surface area contributed by atoms with Gasteiger partial charge >= 0.3 is 0 Å². The van der Waals surface area contributed by atoms with Crippen LogP contribution >= 0.6 is 0 Å². The lowest BCUT2D eigenvalue weighted by Gasteiger charge is -2.29. The third-order valence-corrected chi connectivity index (χ3v) is 7.02. The fourth-order valence-electron chi connectivity index (χ4n) is 4.92. The molecule has 1 atom stereocenters. The lowest BCUT2D eigenvalue weighted by atomic mass is 10.1. The van der Waals surface area contributed by atoms with Gasteiger partial charge in [-0.1, -0.05) is 35.5 Å². The van der Waals surface area contributed by atoms with E-state index < -0.39 is 6.10 Å². The first-order valence-corrected chi connectivity index (χ1v) is 13.2. The van der Waals surface area contributed by atoms with Crippen LogP contribution in [-0.2, 0) is 6.54 Å². The Kier molecular flexibility index (Phi) is 8.08. The third-order valence-electron chi connectivity index (χ3n) is 7.02. The van der Waals surface area contributed by atoms with Gasteiger partial charge in [-0.3, -0.25) is 4.90 Å². The summed E-state index contributed by atoms with van der Waals surface area (Å²) in [5, 5.41) is 15.4. The van der Waals surface area contributed by atoms with E-state index in [9.17, 15) is 5.11 Å². The van der Waals surface area contributed by atoms with E-state index in [0.717, 1.165) is 53.8 Å². The molecule has 0 amide bonds. The smallest absolute Gasteiger partial charge is 0.232 e. The topological polar surface area (TPSA) is 71.2 Å². The van der Waals surface area contributed by atoms with Crippen molar-refractivity contribution in [2.45, 2.75) is 44.8 Å².